The van der Waals surface area contributed by atoms with Gasteiger partial charge in [-0.25, -0.2) is 0 Å². The second-order valence-electron chi connectivity index (χ2n) is 4.15. The Hall–Kier alpha value is -1.61. The third kappa shape index (κ3) is 2.39. The van der Waals surface area contributed by atoms with Crippen molar-refractivity contribution >= 4 is 17.0 Å². The second-order valence-corrected chi connectivity index (χ2v) is 5.10. The van der Waals surface area contributed by atoms with Gasteiger partial charge in [-0.1, -0.05) is 36.4 Å². The highest BCUT2D eigenvalue weighted by Gasteiger charge is 2.16. The van der Waals surface area contributed by atoms with E-state index in [4.69, 9.17) is 0 Å². The molecule has 2 aromatic rings. The lowest BCUT2D eigenvalue weighted by molar-refractivity contribution is 0.310. The number of hydrogen-bond acceptors (Lipinski definition) is 3. The fraction of sp³-hybridized carbons (Fsp3) is 0.214. The van der Waals surface area contributed by atoms with E-state index in [1.54, 1.807) is 11.3 Å². The molecule has 3 rings (SSSR count). The van der Waals surface area contributed by atoms with Crippen molar-refractivity contribution in [3.63, 3.8) is 0 Å². The molecule has 0 amide bonds. The molecule has 2 nitrogen and oxygen atoms in total. The van der Waals surface area contributed by atoms with Crippen molar-refractivity contribution in [3.8, 4) is 0 Å². The quantitative estimate of drug-likeness (QED) is 0.806. The zero-order valence-electron chi connectivity index (χ0n) is 9.54. The largest absolute Gasteiger partial charge is 0.292 e. The van der Waals surface area contributed by atoms with Crippen molar-refractivity contribution in [1.29, 1.82) is 0 Å². The summed E-state index contributed by atoms with van der Waals surface area (Å²) in [4.78, 5) is 1.31. The topological polar surface area (TPSA) is 15.6 Å². The second kappa shape index (κ2) is 4.72. The molecule has 1 aromatic heterocycles. The van der Waals surface area contributed by atoms with Gasteiger partial charge in [-0.3, -0.25) is 5.01 Å². The standard InChI is InChI=1S/C14H14N2S/c1-2-5-12(6-3-1)11-16-9-8-13(15-16)14-7-4-10-17-14/h1-7,10H,8-9,11H2. The minimum absolute atomic E-state index is 0.912. The monoisotopic (exact) mass is 242 g/mol. The van der Waals surface area contributed by atoms with Gasteiger partial charge in [-0.2, -0.15) is 5.10 Å². The lowest BCUT2D eigenvalue weighted by atomic mass is 10.2. The number of rotatable bonds is 3. The highest BCUT2D eigenvalue weighted by molar-refractivity contribution is 7.12. The van der Waals surface area contributed by atoms with Crippen LogP contribution in [0.4, 0.5) is 0 Å². The van der Waals surface area contributed by atoms with Gasteiger partial charge in [0.2, 0.25) is 0 Å². The third-order valence-corrected chi connectivity index (χ3v) is 3.80. The average Bonchev–Trinajstić information content (AvgIpc) is 3.00. The maximum absolute atomic E-state index is 4.69. The van der Waals surface area contributed by atoms with Crippen LogP contribution < -0.4 is 0 Å². The van der Waals surface area contributed by atoms with Crippen LogP contribution in [0.3, 0.4) is 0 Å². The summed E-state index contributed by atoms with van der Waals surface area (Å²) in [5, 5.41) is 8.95. The molecule has 86 valence electrons. The van der Waals surface area contributed by atoms with Crippen molar-refractivity contribution in [2.45, 2.75) is 13.0 Å². The molecule has 0 fully saturated rings. The van der Waals surface area contributed by atoms with Crippen molar-refractivity contribution < 1.29 is 0 Å². The molecule has 0 atom stereocenters. The summed E-state index contributed by atoms with van der Waals surface area (Å²) >= 11 is 1.77. The maximum Gasteiger partial charge on any atom is 0.0795 e. The van der Waals surface area contributed by atoms with Crippen LogP contribution in [-0.4, -0.2) is 17.3 Å². The normalized spacial score (nSPS) is 15.1. The van der Waals surface area contributed by atoms with E-state index in [0.717, 1.165) is 19.5 Å². The highest BCUT2D eigenvalue weighted by Crippen LogP contribution is 2.19. The fourth-order valence-electron chi connectivity index (χ4n) is 2.03. The molecule has 0 saturated heterocycles. The summed E-state index contributed by atoms with van der Waals surface area (Å²) in [5.74, 6) is 0. The minimum Gasteiger partial charge on any atom is -0.292 e. The summed E-state index contributed by atoms with van der Waals surface area (Å²) in [7, 11) is 0. The number of thiophene rings is 1. The zero-order chi connectivity index (χ0) is 11.5. The van der Waals surface area contributed by atoms with Crippen molar-refractivity contribution in [1.82, 2.24) is 5.01 Å². The lowest BCUT2D eigenvalue weighted by Crippen LogP contribution is -2.12. The molecule has 0 saturated carbocycles. The van der Waals surface area contributed by atoms with Crippen LogP contribution in [-0.2, 0) is 6.54 Å². The van der Waals surface area contributed by atoms with E-state index in [-0.39, 0.29) is 0 Å². The molecule has 1 aliphatic heterocycles. The van der Waals surface area contributed by atoms with E-state index in [9.17, 15) is 0 Å². The summed E-state index contributed by atoms with van der Waals surface area (Å²) in [5.41, 5.74) is 2.56. The zero-order valence-corrected chi connectivity index (χ0v) is 10.4. The van der Waals surface area contributed by atoms with Gasteiger partial charge in [0.25, 0.3) is 0 Å². The molecule has 3 heteroatoms. The van der Waals surface area contributed by atoms with E-state index in [1.807, 2.05) is 6.07 Å². The first-order chi connectivity index (χ1) is 8.42. The smallest absolute Gasteiger partial charge is 0.0795 e. The fourth-order valence-corrected chi connectivity index (χ4v) is 2.77. The van der Waals surface area contributed by atoms with Gasteiger partial charge in [0.05, 0.1) is 17.1 Å². The molecule has 2 heterocycles. The Morgan fingerprint density at radius 1 is 1.12 bits per heavy atom. The molecule has 0 N–H and O–H groups in total. The molecular weight excluding hydrogens is 228 g/mol. The van der Waals surface area contributed by atoms with Crippen LogP contribution in [0, 0.1) is 0 Å². The first-order valence-corrected chi connectivity index (χ1v) is 6.70. The van der Waals surface area contributed by atoms with Crippen LogP contribution >= 0.6 is 11.3 Å². The molecular formula is C14H14N2S. The number of hydrogen-bond donors (Lipinski definition) is 0. The molecule has 0 radical (unpaired) electrons. The Morgan fingerprint density at radius 2 is 2.00 bits per heavy atom. The SMILES string of the molecule is c1ccc(CN2CCC(c3cccs3)=N2)cc1. The van der Waals surface area contributed by atoms with Gasteiger partial charge in [0.15, 0.2) is 0 Å². The van der Waals surface area contributed by atoms with Crippen molar-refractivity contribution in [2.75, 3.05) is 6.54 Å². The maximum atomic E-state index is 4.69. The predicted molar refractivity (Wildman–Crippen MR) is 72.3 cm³/mol. The van der Waals surface area contributed by atoms with E-state index in [1.165, 1.54) is 16.2 Å². The summed E-state index contributed by atoms with van der Waals surface area (Å²) in [6, 6.07) is 14.7. The number of benzene rings is 1. The Balaban J connectivity index is 1.71. The van der Waals surface area contributed by atoms with E-state index in [2.05, 4.69) is 51.9 Å². The van der Waals surface area contributed by atoms with Gasteiger partial charge in [-0.05, 0) is 17.0 Å². The van der Waals surface area contributed by atoms with Crippen LogP contribution in [0.1, 0.15) is 16.9 Å². The summed E-state index contributed by atoms with van der Waals surface area (Å²) in [6.07, 6.45) is 1.06. The summed E-state index contributed by atoms with van der Waals surface area (Å²) in [6.45, 7) is 1.94. The van der Waals surface area contributed by atoms with E-state index in [0.29, 0.717) is 0 Å². The lowest BCUT2D eigenvalue weighted by Gasteiger charge is -2.12. The van der Waals surface area contributed by atoms with Gasteiger partial charge in [0.1, 0.15) is 0 Å². The van der Waals surface area contributed by atoms with Crippen LogP contribution in [0.2, 0.25) is 0 Å². The molecule has 0 aliphatic carbocycles. The molecule has 1 aromatic carbocycles. The number of hydrazone groups is 1. The average molecular weight is 242 g/mol. The first kappa shape index (κ1) is 10.5. The Morgan fingerprint density at radius 3 is 2.76 bits per heavy atom. The van der Waals surface area contributed by atoms with Gasteiger partial charge >= 0.3 is 0 Å². The van der Waals surface area contributed by atoms with Crippen molar-refractivity contribution in [3.05, 3.63) is 58.3 Å². The molecule has 0 bridgehead atoms. The molecule has 17 heavy (non-hydrogen) atoms. The van der Waals surface area contributed by atoms with Gasteiger partial charge in [0, 0.05) is 13.0 Å². The van der Waals surface area contributed by atoms with Crippen LogP contribution in [0.15, 0.2) is 52.9 Å². The molecule has 1 aliphatic rings. The van der Waals surface area contributed by atoms with Crippen molar-refractivity contribution in [2.24, 2.45) is 5.10 Å². The van der Waals surface area contributed by atoms with E-state index >= 15 is 0 Å². The summed E-state index contributed by atoms with van der Waals surface area (Å²) < 4.78 is 0. The Bertz CT molecular complexity index is 502. The minimum atomic E-state index is 0.912. The highest BCUT2D eigenvalue weighted by atomic mass is 32.1. The van der Waals surface area contributed by atoms with Gasteiger partial charge < -0.3 is 0 Å². The van der Waals surface area contributed by atoms with Crippen LogP contribution in [0.25, 0.3) is 0 Å². The molecule has 0 spiro atoms. The predicted octanol–water partition coefficient (Wildman–Crippen LogP) is 3.36. The van der Waals surface area contributed by atoms with Crippen LogP contribution in [0.5, 0.6) is 0 Å². The number of nitrogens with zero attached hydrogens (tertiary/aromatic N) is 2. The molecule has 0 unspecified atom stereocenters. The first-order valence-electron chi connectivity index (χ1n) is 5.82. The third-order valence-electron chi connectivity index (χ3n) is 2.88. The van der Waals surface area contributed by atoms with E-state index < -0.39 is 0 Å². The Kier molecular flexibility index (Phi) is 2.92. The van der Waals surface area contributed by atoms with Gasteiger partial charge in [-0.15, -0.1) is 11.3 Å². The Labute approximate surface area is 105 Å².